The molecule has 1 fully saturated rings. The summed E-state index contributed by atoms with van der Waals surface area (Å²) < 4.78 is 66.6. The maximum Gasteiger partial charge on any atom is 0.416 e. The lowest BCUT2D eigenvalue weighted by molar-refractivity contribution is -0.137. The third kappa shape index (κ3) is 5.48. The van der Waals surface area contributed by atoms with Crippen LogP contribution in [0.5, 0.6) is 11.5 Å². The molecule has 0 bridgehead atoms. The van der Waals surface area contributed by atoms with E-state index in [0.717, 1.165) is 29.5 Å². The Morgan fingerprint density at radius 2 is 1.74 bits per heavy atom. The first-order valence-corrected chi connectivity index (χ1v) is 13.0. The summed E-state index contributed by atoms with van der Waals surface area (Å²) >= 11 is 1.14. The molecule has 2 unspecified atom stereocenters. The van der Waals surface area contributed by atoms with E-state index in [0.29, 0.717) is 28.0 Å². The molecule has 202 valence electrons. The first-order chi connectivity index (χ1) is 17.9. The van der Waals surface area contributed by atoms with Crippen LogP contribution >= 0.6 is 11.8 Å². The molecular formula is C29H29F4NO3S. The number of hydrogen-bond donors (Lipinski definition) is 0. The fourth-order valence-corrected chi connectivity index (χ4v) is 5.93. The van der Waals surface area contributed by atoms with Gasteiger partial charge in [0.1, 0.15) is 17.3 Å². The molecule has 0 aromatic heterocycles. The number of benzene rings is 3. The van der Waals surface area contributed by atoms with Crippen molar-refractivity contribution in [1.29, 1.82) is 0 Å². The molecule has 0 spiro atoms. The van der Waals surface area contributed by atoms with E-state index >= 15 is 0 Å². The highest BCUT2D eigenvalue weighted by Crippen LogP contribution is 2.46. The number of rotatable bonds is 7. The molecule has 0 aliphatic carbocycles. The smallest absolute Gasteiger partial charge is 0.416 e. The first-order valence-electron chi connectivity index (χ1n) is 12.1. The number of methoxy groups -OCH3 is 2. The van der Waals surface area contributed by atoms with Gasteiger partial charge in [0.15, 0.2) is 0 Å². The number of alkyl halides is 3. The van der Waals surface area contributed by atoms with Gasteiger partial charge in [-0.1, -0.05) is 43.8 Å². The first kappa shape index (κ1) is 27.8. The summed E-state index contributed by atoms with van der Waals surface area (Å²) in [5, 5.41) is -0.456. The average Bonchev–Trinajstić information content (AvgIpc) is 3.16. The van der Waals surface area contributed by atoms with Crippen molar-refractivity contribution in [3.05, 3.63) is 82.7 Å². The number of thioether (sulfide) groups is 1. The zero-order chi connectivity index (χ0) is 27.8. The largest absolute Gasteiger partial charge is 0.497 e. The molecule has 2 atom stereocenters. The topological polar surface area (TPSA) is 38.8 Å². The highest BCUT2D eigenvalue weighted by molar-refractivity contribution is 8.14. The van der Waals surface area contributed by atoms with Gasteiger partial charge >= 0.3 is 6.18 Å². The van der Waals surface area contributed by atoms with Crippen LogP contribution in [0.25, 0.3) is 11.1 Å². The van der Waals surface area contributed by atoms with Crippen molar-refractivity contribution in [1.82, 2.24) is 4.90 Å². The van der Waals surface area contributed by atoms with Crippen LogP contribution in [0.4, 0.5) is 22.4 Å². The maximum absolute atomic E-state index is 14.7. The maximum atomic E-state index is 14.7. The summed E-state index contributed by atoms with van der Waals surface area (Å²) in [6.07, 6.45) is -4.57. The van der Waals surface area contributed by atoms with Crippen molar-refractivity contribution in [2.75, 3.05) is 14.2 Å². The van der Waals surface area contributed by atoms with Gasteiger partial charge < -0.3 is 14.4 Å². The van der Waals surface area contributed by atoms with Crippen molar-refractivity contribution in [2.24, 2.45) is 0 Å². The summed E-state index contributed by atoms with van der Waals surface area (Å²) in [5.74, 6) is 0.260. The summed E-state index contributed by atoms with van der Waals surface area (Å²) in [6, 6.07) is 13.4. The average molecular weight is 548 g/mol. The van der Waals surface area contributed by atoms with Gasteiger partial charge in [0, 0.05) is 24.2 Å². The normalized spacial score (nSPS) is 17.8. The SMILES string of the molecule is COc1cccc(C2SC(=O)N(Cc3cc(C(F)(F)F)ccc3-c3cc(C(C)C)c(F)cc3OC)C2C)c1. The van der Waals surface area contributed by atoms with Crippen molar-refractivity contribution in [2.45, 2.75) is 50.7 Å². The summed E-state index contributed by atoms with van der Waals surface area (Å²) in [7, 11) is 2.95. The zero-order valence-electron chi connectivity index (χ0n) is 21.7. The second-order valence-corrected chi connectivity index (χ2v) is 10.6. The molecule has 0 N–H and O–H groups in total. The van der Waals surface area contributed by atoms with E-state index in [9.17, 15) is 22.4 Å². The monoisotopic (exact) mass is 547 g/mol. The van der Waals surface area contributed by atoms with E-state index in [1.54, 1.807) is 18.1 Å². The van der Waals surface area contributed by atoms with Crippen LogP contribution in [-0.2, 0) is 12.7 Å². The second kappa shape index (κ2) is 10.9. The van der Waals surface area contributed by atoms with Gasteiger partial charge in [0.2, 0.25) is 0 Å². The van der Waals surface area contributed by atoms with E-state index in [1.807, 2.05) is 45.0 Å². The fourth-order valence-electron chi connectivity index (χ4n) is 4.72. The van der Waals surface area contributed by atoms with Crippen molar-refractivity contribution in [3.8, 4) is 22.6 Å². The van der Waals surface area contributed by atoms with Gasteiger partial charge in [-0.3, -0.25) is 4.79 Å². The van der Waals surface area contributed by atoms with Crippen LogP contribution in [-0.4, -0.2) is 30.4 Å². The Morgan fingerprint density at radius 1 is 1.00 bits per heavy atom. The van der Waals surface area contributed by atoms with E-state index in [4.69, 9.17) is 9.47 Å². The predicted octanol–water partition coefficient (Wildman–Crippen LogP) is 8.45. The third-order valence-electron chi connectivity index (χ3n) is 6.82. The molecule has 4 rings (SSSR count). The molecule has 4 nitrogen and oxygen atoms in total. The Kier molecular flexibility index (Phi) is 7.97. The molecule has 1 heterocycles. The predicted molar refractivity (Wildman–Crippen MR) is 141 cm³/mol. The highest BCUT2D eigenvalue weighted by Gasteiger charge is 2.40. The van der Waals surface area contributed by atoms with Crippen LogP contribution in [0, 0.1) is 5.82 Å². The molecule has 38 heavy (non-hydrogen) atoms. The molecule has 1 aliphatic rings. The lowest BCUT2D eigenvalue weighted by Crippen LogP contribution is -2.31. The van der Waals surface area contributed by atoms with Crippen LogP contribution in [0.3, 0.4) is 0 Å². The molecule has 1 saturated heterocycles. The van der Waals surface area contributed by atoms with Gasteiger partial charge in [-0.25, -0.2) is 4.39 Å². The van der Waals surface area contributed by atoms with Gasteiger partial charge in [-0.05, 0) is 65.4 Å². The minimum atomic E-state index is -4.57. The Morgan fingerprint density at radius 3 is 2.37 bits per heavy atom. The number of carbonyl (C=O) groups is 1. The summed E-state index contributed by atoms with van der Waals surface area (Å²) in [4.78, 5) is 14.7. The highest BCUT2D eigenvalue weighted by atomic mass is 32.2. The molecule has 1 amide bonds. The van der Waals surface area contributed by atoms with Crippen LogP contribution < -0.4 is 9.47 Å². The lowest BCUT2D eigenvalue weighted by Gasteiger charge is -2.26. The molecule has 3 aromatic carbocycles. The van der Waals surface area contributed by atoms with Crippen LogP contribution in [0.2, 0.25) is 0 Å². The van der Waals surface area contributed by atoms with Crippen molar-refractivity contribution < 1.29 is 31.8 Å². The molecule has 9 heteroatoms. The van der Waals surface area contributed by atoms with Crippen molar-refractivity contribution >= 4 is 17.0 Å². The number of nitrogens with zero attached hydrogens (tertiary/aromatic N) is 1. The van der Waals surface area contributed by atoms with Crippen LogP contribution in [0.15, 0.2) is 54.6 Å². The quantitative estimate of drug-likeness (QED) is 0.278. The second-order valence-electron chi connectivity index (χ2n) is 9.55. The molecule has 0 saturated carbocycles. The van der Waals surface area contributed by atoms with Gasteiger partial charge in [0.25, 0.3) is 5.24 Å². The van der Waals surface area contributed by atoms with E-state index in [2.05, 4.69) is 0 Å². The number of hydrogen-bond acceptors (Lipinski definition) is 4. The molecule has 1 aliphatic heterocycles. The van der Waals surface area contributed by atoms with Crippen molar-refractivity contribution in [3.63, 3.8) is 0 Å². The van der Waals surface area contributed by atoms with Gasteiger partial charge in [-0.15, -0.1) is 0 Å². The Hall–Kier alpha value is -3.20. The number of halogens is 4. The standard InChI is InChI=1S/C29H29F4NO3S/c1-16(2)23-13-24(26(37-5)14-25(23)30)22-10-9-20(29(31,32)33)11-19(22)15-34-17(3)27(38-28(34)35)18-7-6-8-21(12-18)36-4/h6-14,16-17,27H,15H2,1-5H3. The van der Waals surface area contributed by atoms with Gasteiger partial charge in [0.05, 0.1) is 25.0 Å². The number of carbonyl (C=O) groups excluding carboxylic acids is 1. The molecule has 0 radical (unpaired) electrons. The Bertz CT molecular complexity index is 1340. The lowest BCUT2D eigenvalue weighted by atomic mass is 9.92. The minimum absolute atomic E-state index is 0.0513. The Labute approximate surface area is 223 Å². The van der Waals surface area contributed by atoms with Gasteiger partial charge in [-0.2, -0.15) is 13.2 Å². The molecule has 3 aromatic rings. The Balaban J connectivity index is 1.79. The summed E-state index contributed by atoms with van der Waals surface area (Å²) in [5.41, 5.74) is 1.71. The minimum Gasteiger partial charge on any atom is -0.497 e. The van der Waals surface area contributed by atoms with Crippen LogP contribution in [0.1, 0.15) is 54.2 Å². The van der Waals surface area contributed by atoms with E-state index in [1.165, 1.54) is 19.2 Å². The summed E-state index contributed by atoms with van der Waals surface area (Å²) in [6.45, 7) is 5.50. The third-order valence-corrected chi connectivity index (χ3v) is 8.17. The van der Waals surface area contributed by atoms with E-state index in [-0.39, 0.29) is 34.7 Å². The fraction of sp³-hybridized carbons (Fsp3) is 0.345. The number of ether oxygens (including phenoxy) is 2. The van der Waals surface area contributed by atoms with E-state index < -0.39 is 17.6 Å². The number of amides is 1. The molecular weight excluding hydrogens is 518 g/mol. The zero-order valence-corrected chi connectivity index (χ0v) is 22.5.